The van der Waals surface area contributed by atoms with Gasteiger partial charge in [-0.3, -0.25) is 0 Å². The van der Waals surface area contributed by atoms with E-state index in [0.29, 0.717) is 6.42 Å². The Labute approximate surface area is 72.2 Å². The van der Waals surface area contributed by atoms with Crippen molar-refractivity contribution in [1.29, 1.82) is 0 Å². The Bertz CT molecular complexity index is 253. The predicted molar refractivity (Wildman–Crippen MR) is 41.3 cm³/mol. The van der Waals surface area contributed by atoms with Crippen molar-refractivity contribution in [2.24, 2.45) is 0 Å². The number of nitrogens with zero attached hydrogens (tertiary/aromatic N) is 1. The summed E-state index contributed by atoms with van der Waals surface area (Å²) < 4.78 is 35.5. The first-order chi connectivity index (χ1) is 5.51. The SMILES string of the molecule is CCc1nc(CC(F)(F)F)cs1. The summed E-state index contributed by atoms with van der Waals surface area (Å²) in [4.78, 5) is 3.81. The van der Waals surface area contributed by atoms with Crippen molar-refractivity contribution >= 4 is 11.3 Å². The standard InChI is InChI=1S/C7H8F3NS/c1-2-6-11-5(4-12-6)3-7(8,9)10/h4H,2-3H2,1H3. The van der Waals surface area contributed by atoms with Crippen LogP contribution in [0.1, 0.15) is 17.6 Å². The predicted octanol–water partition coefficient (Wildman–Crippen LogP) is 2.81. The Morgan fingerprint density at radius 1 is 1.50 bits per heavy atom. The molecule has 0 N–H and O–H groups in total. The maximum absolute atomic E-state index is 11.8. The van der Waals surface area contributed by atoms with E-state index in [1.54, 1.807) is 0 Å². The second-order valence-corrected chi connectivity index (χ2v) is 3.32. The zero-order chi connectivity index (χ0) is 9.19. The van der Waals surface area contributed by atoms with Crippen LogP contribution in [0.25, 0.3) is 0 Å². The van der Waals surface area contributed by atoms with E-state index in [-0.39, 0.29) is 5.69 Å². The van der Waals surface area contributed by atoms with Gasteiger partial charge in [0.15, 0.2) is 0 Å². The van der Waals surface area contributed by atoms with Crippen molar-refractivity contribution in [3.63, 3.8) is 0 Å². The average molecular weight is 195 g/mol. The lowest BCUT2D eigenvalue weighted by molar-refractivity contribution is -0.127. The van der Waals surface area contributed by atoms with Crippen LogP contribution < -0.4 is 0 Å². The molecule has 1 nitrogen and oxygen atoms in total. The lowest BCUT2D eigenvalue weighted by Gasteiger charge is -2.01. The molecule has 5 heteroatoms. The van der Waals surface area contributed by atoms with Crippen LogP contribution >= 0.6 is 11.3 Å². The number of halogens is 3. The molecule has 0 unspecified atom stereocenters. The van der Waals surface area contributed by atoms with Crippen LogP contribution in [-0.2, 0) is 12.8 Å². The van der Waals surface area contributed by atoms with Gasteiger partial charge in [0.2, 0.25) is 0 Å². The Kier molecular flexibility index (Phi) is 2.72. The zero-order valence-corrected chi connectivity index (χ0v) is 7.30. The van der Waals surface area contributed by atoms with Gasteiger partial charge in [-0.05, 0) is 6.42 Å². The Hall–Kier alpha value is -0.580. The van der Waals surface area contributed by atoms with E-state index in [1.807, 2.05) is 6.92 Å². The summed E-state index contributed by atoms with van der Waals surface area (Å²) in [7, 11) is 0. The van der Waals surface area contributed by atoms with Gasteiger partial charge in [0.1, 0.15) is 0 Å². The first kappa shape index (κ1) is 9.51. The molecule has 68 valence electrons. The molecule has 1 heterocycles. The molecular formula is C7H8F3NS. The van der Waals surface area contributed by atoms with E-state index in [4.69, 9.17) is 0 Å². The van der Waals surface area contributed by atoms with Gasteiger partial charge in [0.05, 0.1) is 17.1 Å². The maximum atomic E-state index is 11.8. The Balaban J connectivity index is 2.64. The van der Waals surface area contributed by atoms with Crippen LogP contribution in [-0.4, -0.2) is 11.2 Å². The van der Waals surface area contributed by atoms with Crippen LogP contribution in [0.4, 0.5) is 13.2 Å². The molecule has 12 heavy (non-hydrogen) atoms. The third kappa shape index (κ3) is 2.81. The minimum atomic E-state index is -4.14. The van der Waals surface area contributed by atoms with Gasteiger partial charge in [-0.2, -0.15) is 13.2 Å². The van der Waals surface area contributed by atoms with Crippen molar-refractivity contribution in [3.8, 4) is 0 Å². The third-order valence-corrected chi connectivity index (χ3v) is 2.33. The number of alkyl halides is 3. The lowest BCUT2D eigenvalue weighted by Crippen LogP contribution is -2.11. The molecule has 0 saturated carbocycles. The van der Waals surface area contributed by atoms with Gasteiger partial charge < -0.3 is 0 Å². The molecule has 0 aliphatic carbocycles. The minimum Gasteiger partial charge on any atom is -0.246 e. The smallest absolute Gasteiger partial charge is 0.246 e. The van der Waals surface area contributed by atoms with Gasteiger partial charge in [0, 0.05) is 5.38 Å². The van der Waals surface area contributed by atoms with Gasteiger partial charge in [-0.1, -0.05) is 6.92 Å². The fourth-order valence-electron chi connectivity index (χ4n) is 0.798. The summed E-state index contributed by atoms with van der Waals surface area (Å²) >= 11 is 1.28. The fourth-order valence-corrected chi connectivity index (χ4v) is 1.54. The van der Waals surface area contributed by atoms with Crippen molar-refractivity contribution in [1.82, 2.24) is 4.98 Å². The molecule has 0 spiro atoms. The van der Waals surface area contributed by atoms with Crippen molar-refractivity contribution in [3.05, 3.63) is 16.1 Å². The number of hydrogen-bond acceptors (Lipinski definition) is 2. The number of thiazole rings is 1. The topological polar surface area (TPSA) is 12.9 Å². The van der Waals surface area contributed by atoms with Crippen molar-refractivity contribution in [2.45, 2.75) is 25.9 Å². The highest BCUT2D eigenvalue weighted by molar-refractivity contribution is 7.09. The van der Waals surface area contributed by atoms with Crippen LogP contribution in [0.2, 0.25) is 0 Å². The first-order valence-electron chi connectivity index (χ1n) is 3.51. The van der Waals surface area contributed by atoms with Gasteiger partial charge in [-0.15, -0.1) is 11.3 Å². The average Bonchev–Trinajstić information content (AvgIpc) is 2.32. The molecule has 0 bridgehead atoms. The number of aryl methyl sites for hydroxylation is 1. The summed E-state index contributed by atoms with van der Waals surface area (Å²) in [6.07, 6.45) is -4.36. The van der Waals surface area contributed by atoms with Crippen molar-refractivity contribution in [2.75, 3.05) is 0 Å². The Morgan fingerprint density at radius 2 is 2.17 bits per heavy atom. The van der Waals surface area contributed by atoms with Gasteiger partial charge >= 0.3 is 6.18 Å². The second kappa shape index (κ2) is 3.43. The highest BCUT2D eigenvalue weighted by Crippen LogP contribution is 2.22. The monoisotopic (exact) mass is 195 g/mol. The largest absolute Gasteiger partial charge is 0.394 e. The molecule has 1 aromatic heterocycles. The normalized spacial score (nSPS) is 12.0. The van der Waals surface area contributed by atoms with Crippen LogP contribution in [0.15, 0.2) is 5.38 Å². The van der Waals surface area contributed by atoms with Crippen LogP contribution in [0, 0.1) is 0 Å². The van der Waals surface area contributed by atoms with Gasteiger partial charge in [0.25, 0.3) is 0 Å². The van der Waals surface area contributed by atoms with E-state index in [9.17, 15) is 13.2 Å². The van der Waals surface area contributed by atoms with E-state index in [0.717, 1.165) is 5.01 Å². The molecule has 0 atom stereocenters. The number of rotatable bonds is 2. The van der Waals surface area contributed by atoms with Crippen LogP contribution in [0.3, 0.4) is 0 Å². The molecule has 0 aliphatic heterocycles. The van der Waals surface area contributed by atoms with Crippen LogP contribution in [0.5, 0.6) is 0 Å². The fraction of sp³-hybridized carbons (Fsp3) is 0.571. The van der Waals surface area contributed by atoms with E-state index in [1.165, 1.54) is 16.7 Å². The van der Waals surface area contributed by atoms with Gasteiger partial charge in [-0.25, -0.2) is 4.98 Å². The molecule has 1 aromatic rings. The van der Waals surface area contributed by atoms with E-state index < -0.39 is 12.6 Å². The molecule has 0 aromatic carbocycles. The highest BCUT2D eigenvalue weighted by atomic mass is 32.1. The number of hydrogen-bond donors (Lipinski definition) is 0. The lowest BCUT2D eigenvalue weighted by atomic mass is 10.3. The minimum absolute atomic E-state index is 0.129. The Morgan fingerprint density at radius 3 is 2.58 bits per heavy atom. The second-order valence-electron chi connectivity index (χ2n) is 2.38. The molecule has 0 fully saturated rings. The molecular weight excluding hydrogens is 187 g/mol. The number of aromatic nitrogens is 1. The third-order valence-electron chi connectivity index (χ3n) is 1.28. The molecule has 0 radical (unpaired) electrons. The summed E-state index contributed by atoms with van der Waals surface area (Å²) in [5.74, 6) is 0. The molecule has 0 amide bonds. The van der Waals surface area contributed by atoms with E-state index >= 15 is 0 Å². The first-order valence-corrected chi connectivity index (χ1v) is 4.39. The maximum Gasteiger partial charge on any atom is 0.394 e. The molecule has 0 aliphatic rings. The summed E-state index contributed by atoms with van der Waals surface area (Å²) in [5, 5.41) is 2.22. The molecule has 1 rings (SSSR count). The van der Waals surface area contributed by atoms with E-state index in [2.05, 4.69) is 4.98 Å². The highest BCUT2D eigenvalue weighted by Gasteiger charge is 2.28. The quantitative estimate of drug-likeness (QED) is 0.707. The van der Waals surface area contributed by atoms with Crippen molar-refractivity contribution < 1.29 is 13.2 Å². The summed E-state index contributed by atoms with van der Waals surface area (Å²) in [5.41, 5.74) is 0.129. The molecule has 0 saturated heterocycles. The summed E-state index contributed by atoms with van der Waals surface area (Å²) in [6.45, 7) is 1.87. The summed E-state index contributed by atoms with van der Waals surface area (Å²) in [6, 6.07) is 0. The zero-order valence-electron chi connectivity index (χ0n) is 6.48.